The fourth-order valence-electron chi connectivity index (χ4n) is 4.54. The topological polar surface area (TPSA) is 75.7 Å². The van der Waals surface area contributed by atoms with Gasteiger partial charge in [-0.2, -0.15) is 13.2 Å². The number of carbonyl (C=O) groups excluding carboxylic acids is 3. The van der Waals surface area contributed by atoms with Crippen LogP contribution >= 0.6 is 0 Å². The van der Waals surface area contributed by atoms with Crippen molar-refractivity contribution in [2.24, 2.45) is 5.92 Å². The van der Waals surface area contributed by atoms with Gasteiger partial charge in [0.25, 0.3) is 0 Å². The molecular formula is C27H26F6N2O4. The molecule has 1 aliphatic carbocycles. The first-order valence-corrected chi connectivity index (χ1v) is 12.5. The quantitative estimate of drug-likeness (QED) is 0.253. The molecule has 0 bridgehead atoms. The van der Waals surface area contributed by atoms with Crippen LogP contribution in [0.25, 0.3) is 0 Å². The van der Waals surface area contributed by atoms with E-state index in [0.29, 0.717) is 18.1 Å². The molecule has 2 aliphatic rings. The summed E-state index contributed by atoms with van der Waals surface area (Å²) in [5, 5.41) is 2.61. The minimum Gasteiger partial charge on any atom is -0.459 e. The van der Waals surface area contributed by atoms with Crippen LogP contribution in [0.1, 0.15) is 55.2 Å². The second-order valence-corrected chi connectivity index (χ2v) is 9.88. The standard InChI is InChI=1S/C27H26F6N2O4/c28-19-10-17(25(30)21(29)11-19)13-35-20(7-8-24(35)37)12-23(36)34-22(9-15-1-2-15)26(38)39-14-16-3-5-18(6-4-16)27(31,32)33/h3-6,10-11,15,20,22H,1-2,7-9,12-14H2,(H,34,36)/t20-,22-/m0/s1. The van der Waals surface area contributed by atoms with Gasteiger partial charge in [-0.15, -0.1) is 0 Å². The molecule has 2 fully saturated rings. The smallest absolute Gasteiger partial charge is 0.416 e. The lowest BCUT2D eigenvalue weighted by molar-refractivity contribution is -0.149. The Balaban J connectivity index is 1.35. The van der Waals surface area contributed by atoms with Crippen LogP contribution in [0.15, 0.2) is 36.4 Å². The maximum absolute atomic E-state index is 14.1. The molecule has 2 aromatic carbocycles. The summed E-state index contributed by atoms with van der Waals surface area (Å²) < 4.78 is 84.8. The number of nitrogens with zero attached hydrogens (tertiary/aromatic N) is 1. The molecule has 1 N–H and O–H groups in total. The van der Waals surface area contributed by atoms with Gasteiger partial charge in [-0.1, -0.05) is 25.0 Å². The van der Waals surface area contributed by atoms with Gasteiger partial charge in [0.15, 0.2) is 11.6 Å². The third-order valence-electron chi connectivity index (χ3n) is 6.83. The van der Waals surface area contributed by atoms with Crippen LogP contribution in [0, 0.1) is 23.4 Å². The molecule has 4 rings (SSSR count). The van der Waals surface area contributed by atoms with Crippen LogP contribution in [0.3, 0.4) is 0 Å². The van der Waals surface area contributed by atoms with E-state index in [2.05, 4.69) is 5.32 Å². The molecule has 2 atom stereocenters. The third-order valence-corrected chi connectivity index (χ3v) is 6.83. The third kappa shape index (κ3) is 7.51. The van der Waals surface area contributed by atoms with Crippen molar-refractivity contribution >= 4 is 17.8 Å². The highest BCUT2D eigenvalue weighted by molar-refractivity contribution is 5.86. The molecule has 0 aromatic heterocycles. The number of alkyl halides is 3. The summed E-state index contributed by atoms with van der Waals surface area (Å²) in [6, 6.07) is 3.67. The Morgan fingerprint density at radius 1 is 1.05 bits per heavy atom. The molecule has 210 valence electrons. The van der Waals surface area contributed by atoms with Crippen molar-refractivity contribution in [2.75, 3.05) is 0 Å². The fraction of sp³-hybridized carbons (Fsp3) is 0.444. The zero-order valence-electron chi connectivity index (χ0n) is 20.7. The Morgan fingerprint density at radius 3 is 2.38 bits per heavy atom. The zero-order chi connectivity index (χ0) is 28.3. The van der Waals surface area contributed by atoms with Crippen molar-refractivity contribution < 1.29 is 45.5 Å². The summed E-state index contributed by atoms with van der Waals surface area (Å²) in [6.45, 7) is -0.702. The van der Waals surface area contributed by atoms with Gasteiger partial charge < -0.3 is 15.0 Å². The highest BCUT2D eigenvalue weighted by Crippen LogP contribution is 2.34. The number of hydrogen-bond donors (Lipinski definition) is 1. The summed E-state index contributed by atoms with van der Waals surface area (Å²) in [4.78, 5) is 39.2. The van der Waals surface area contributed by atoms with Crippen molar-refractivity contribution in [3.8, 4) is 0 Å². The van der Waals surface area contributed by atoms with E-state index in [1.54, 1.807) is 0 Å². The van der Waals surface area contributed by atoms with Crippen LogP contribution < -0.4 is 5.32 Å². The second-order valence-electron chi connectivity index (χ2n) is 9.88. The second kappa shape index (κ2) is 11.7. The lowest BCUT2D eigenvalue weighted by Crippen LogP contribution is -2.44. The molecule has 6 nitrogen and oxygen atoms in total. The van der Waals surface area contributed by atoms with E-state index < -0.39 is 65.6 Å². The van der Waals surface area contributed by atoms with Gasteiger partial charge in [-0.25, -0.2) is 18.0 Å². The molecular weight excluding hydrogens is 530 g/mol. The lowest BCUT2D eigenvalue weighted by atomic mass is 10.1. The van der Waals surface area contributed by atoms with E-state index in [4.69, 9.17) is 4.74 Å². The molecule has 1 aliphatic heterocycles. The Kier molecular flexibility index (Phi) is 8.51. The van der Waals surface area contributed by atoms with E-state index in [-0.39, 0.29) is 37.4 Å². The Bertz CT molecular complexity index is 1230. The van der Waals surface area contributed by atoms with Gasteiger partial charge in [0.05, 0.1) is 5.56 Å². The van der Waals surface area contributed by atoms with Crippen molar-refractivity contribution in [2.45, 2.75) is 69.9 Å². The average Bonchev–Trinajstić information content (AvgIpc) is 3.63. The van der Waals surface area contributed by atoms with Gasteiger partial charge in [0.2, 0.25) is 11.8 Å². The van der Waals surface area contributed by atoms with E-state index >= 15 is 0 Å². The highest BCUT2D eigenvalue weighted by atomic mass is 19.4. The van der Waals surface area contributed by atoms with Crippen molar-refractivity contribution in [1.29, 1.82) is 0 Å². The molecule has 39 heavy (non-hydrogen) atoms. The van der Waals surface area contributed by atoms with Crippen LogP contribution in [-0.4, -0.2) is 34.8 Å². The van der Waals surface area contributed by atoms with Gasteiger partial charge >= 0.3 is 12.1 Å². The maximum Gasteiger partial charge on any atom is 0.416 e. The minimum atomic E-state index is -4.49. The predicted molar refractivity (Wildman–Crippen MR) is 125 cm³/mol. The van der Waals surface area contributed by atoms with Crippen LogP contribution in [0.4, 0.5) is 26.3 Å². The van der Waals surface area contributed by atoms with Crippen molar-refractivity contribution in [3.05, 3.63) is 70.5 Å². The SMILES string of the molecule is O=C(C[C@@H]1CCC(=O)N1Cc1cc(F)cc(F)c1F)N[C@@H](CC1CC1)C(=O)OCc1ccc(C(F)(F)F)cc1. The molecule has 0 radical (unpaired) electrons. The molecule has 0 unspecified atom stereocenters. The summed E-state index contributed by atoms with van der Waals surface area (Å²) in [6.07, 6.45) is -2.32. The lowest BCUT2D eigenvalue weighted by Gasteiger charge is -2.26. The van der Waals surface area contributed by atoms with Crippen molar-refractivity contribution in [3.63, 3.8) is 0 Å². The highest BCUT2D eigenvalue weighted by Gasteiger charge is 2.36. The summed E-state index contributed by atoms with van der Waals surface area (Å²) in [5.74, 6) is -5.16. The van der Waals surface area contributed by atoms with Gasteiger partial charge in [-0.3, -0.25) is 9.59 Å². The Hall–Kier alpha value is -3.57. The molecule has 2 aromatic rings. The molecule has 2 amide bonds. The number of ether oxygens (including phenoxy) is 1. The van der Waals surface area contributed by atoms with E-state index in [1.807, 2.05) is 0 Å². The summed E-state index contributed by atoms with van der Waals surface area (Å²) >= 11 is 0. The molecule has 1 saturated heterocycles. The largest absolute Gasteiger partial charge is 0.459 e. The normalized spacial score (nSPS) is 18.3. The first-order valence-electron chi connectivity index (χ1n) is 12.5. The van der Waals surface area contributed by atoms with Crippen molar-refractivity contribution in [1.82, 2.24) is 10.2 Å². The summed E-state index contributed by atoms with van der Waals surface area (Å²) in [7, 11) is 0. The number of esters is 1. The van der Waals surface area contributed by atoms with Gasteiger partial charge in [-0.05, 0) is 42.5 Å². The zero-order valence-corrected chi connectivity index (χ0v) is 20.7. The monoisotopic (exact) mass is 556 g/mol. The first-order chi connectivity index (χ1) is 18.4. The first kappa shape index (κ1) is 28.4. The summed E-state index contributed by atoms with van der Waals surface area (Å²) in [5.41, 5.74) is -0.846. The number of amides is 2. The minimum absolute atomic E-state index is 0.0675. The number of hydrogen-bond acceptors (Lipinski definition) is 4. The Morgan fingerprint density at radius 2 is 1.74 bits per heavy atom. The van der Waals surface area contributed by atoms with E-state index in [1.165, 1.54) is 17.0 Å². The van der Waals surface area contributed by atoms with Crippen LogP contribution in [0.2, 0.25) is 0 Å². The number of benzene rings is 2. The molecule has 1 heterocycles. The van der Waals surface area contributed by atoms with Crippen LogP contribution in [-0.2, 0) is 38.4 Å². The van der Waals surface area contributed by atoms with E-state index in [9.17, 15) is 40.7 Å². The molecule has 1 saturated carbocycles. The Labute approximate surface area is 220 Å². The number of likely N-dealkylation sites (tertiary alicyclic amines) is 1. The molecule has 12 heteroatoms. The van der Waals surface area contributed by atoms with Gasteiger partial charge in [0, 0.05) is 37.1 Å². The maximum atomic E-state index is 14.1. The van der Waals surface area contributed by atoms with E-state index in [0.717, 1.165) is 31.0 Å². The number of nitrogens with one attached hydrogen (secondary N) is 1. The van der Waals surface area contributed by atoms with Gasteiger partial charge in [0.1, 0.15) is 18.5 Å². The van der Waals surface area contributed by atoms with Crippen LogP contribution in [0.5, 0.6) is 0 Å². The molecule has 0 spiro atoms. The fourth-order valence-corrected chi connectivity index (χ4v) is 4.54. The average molecular weight is 557 g/mol. The predicted octanol–water partition coefficient (Wildman–Crippen LogP) is 5.03. The number of carbonyl (C=O) groups is 3. The number of halogens is 6. The number of rotatable bonds is 10.